The number of aryl methyl sites for hydroxylation is 1. The van der Waals surface area contributed by atoms with Crippen molar-refractivity contribution >= 4 is 21.6 Å². The highest BCUT2D eigenvalue weighted by Gasteiger charge is 2.34. The molecule has 1 aromatic heterocycles. The Morgan fingerprint density at radius 1 is 1.28 bits per heavy atom. The third kappa shape index (κ3) is 4.54. The Hall–Kier alpha value is -2.59. The molecule has 0 saturated carbocycles. The second kappa shape index (κ2) is 8.83. The Balaban J connectivity index is 1.71. The van der Waals surface area contributed by atoms with Crippen LogP contribution in [0.4, 0.5) is 5.69 Å². The third-order valence-corrected chi connectivity index (χ3v) is 6.74. The van der Waals surface area contributed by atoms with Gasteiger partial charge in [0, 0.05) is 37.6 Å². The normalized spacial score (nSPS) is 17.7. The summed E-state index contributed by atoms with van der Waals surface area (Å²) in [6.07, 6.45) is 4.24. The monoisotopic (exact) mass is 422 g/mol. The smallest absolute Gasteiger partial charge is 0.262 e. The van der Waals surface area contributed by atoms with Gasteiger partial charge in [0.15, 0.2) is 16.5 Å². The molecule has 10 heteroatoms. The topological polar surface area (TPSA) is 103 Å². The molecule has 1 atom stereocenters. The minimum Gasteiger partial charge on any atom is -0.493 e. The van der Waals surface area contributed by atoms with Crippen molar-refractivity contribution in [3.8, 4) is 11.5 Å². The number of rotatable bonds is 7. The van der Waals surface area contributed by atoms with Crippen molar-refractivity contribution in [2.75, 3.05) is 32.6 Å². The number of nitrogens with zero attached hydrogens (tertiary/aromatic N) is 3. The molecule has 3 rings (SSSR count). The van der Waals surface area contributed by atoms with E-state index in [1.807, 2.05) is 6.92 Å². The van der Waals surface area contributed by atoms with Crippen LogP contribution in [0.3, 0.4) is 0 Å². The number of methoxy groups -OCH3 is 2. The molecule has 9 nitrogen and oxygen atoms in total. The number of ether oxygens (including phenoxy) is 2. The van der Waals surface area contributed by atoms with Gasteiger partial charge in [-0.05, 0) is 31.9 Å². The molecule has 29 heavy (non-hydrogen) atoms. The first-order valence-corrected chi connectivity index (χ1v) is 10.9. The van der Waals surface area contributed by atoms with Gasteiger partial charge in [-0.15, -0.1) is 0 Å². The average Bonchev–Trinajstić information content (AvgIpc) is 3.24. The van der Waals surface area contributed by atoms with Crippen LogP contribution in [0.25, 0.3) is 0 Å². The number of sulfonamides is 1. The van der Waals surface area contributed by atoms with Gasteiger partial charge in [-0.1, -0.05) is 0 Å². The number of piperidine rings is 1. The van der Waals surface area contributed by atoms with E-state index in [0.717, 1.165) is 0 Å². The van der Waals surface area contributed by atoms with Crippen LogP contribution in [0.1, 0.15) is 19.8 Å². The van der Waals surface area contributed by atoms with E-state index in [4.69, 9.17) is 9.47 Å². The molecular formula is C19H26N4O5S. The lowest BCUT2D eigenvalue weighted by molar-refractivity contribution is -0.120. The van der Waals surface area contributed by atoms with Gasteiger partial charge in [0.05, 0.1) is 26.5 Å². The van der Waals surface area contributed by atoms with Gasteiger partial charge in [-0.25, -0.2) is 13.4 Å². The average molecular weight is 423 g/mol. The molecule has 1 aliphatic heterocycles. The number of benzene rings is 1. The zero-order chi connectivity index (χ0) is 21.0. The molecule has 2 heterocycles. The third-order valence-electron chi connectivity index (χ3n) is 4.98. The first kappa shape index (κ1) is 21.1. The van der Waals surface area contributed by atoms with Crippen LogP contribution in [-0.4, -0.2) is 55.5 Å². The van der Waals surface area contributed by atoms with Gasteiger partial charge in [0.25, 0.3) is 10.0 Å². The summed E-state index contributed by atoms with van der Waals surface area (Å²) in [6, 6.07) is 5.09. The minimum atomic E-state index is -3.73. The van der Waals surface area contributed by atoms with E-state index in [1.165, 1.54) is 31.0 Å². The van der Waals surface area contributed by atoms with Crippen LogP contribution >= 0.6 is 0 Å². The number of carbonyl (C=O) groups is 1. The van der Waals surface area contributed by atoms with E-state index < -0.39 is 15.9 Å². The molecule has 1 N–H and O–H groups in total. The molecule has 1 aromatic carbocycles. The molecule has 1 fully saturated rings. The summed E-state index contributed by atoms with van der Waals surface area (Å²) in [4.78, 5) is 16.8. The summed E-state index contributed by atoms with van der Waals surface area (Å²) in [6.45, 7) is 3.05. The summed E-state index contributed by atoms with van der Waals surface area (Å²) in [5.74, 6) is 0.396. The maximum atomic E-state index is 12.9. The molecular weight excluding hydrogens is 396 g/mol. The van der Waals surface area contributed by atoms with Crippen molar-refractivity contribution < 1.29 is 22.7 Å². The fraction of sp³-hybridized carbons (Fsp3) is 0.474. The van der Waals surface area contributed by atoms with Gasteiger partial charge < -0.3 is 19.4 Å². The number of aromatic nitrogens is 2. The van der Waals surface area contributed by atoms with Crippen molar-refractivity contribution in [1.29, 1.82) is 0 Å². The van der Waals surface area contributed by atoms with Gasteiger partial charge in [0.2, 0.25) is 5.91 Å². The summed E-state index contributed by atoms with van der Waals surface area (Å²) in [5, 5.41) is 2.86. The molecule has 1 aliphatic rings. The SMILES string of the molecule is CCn1cnc(S(=O)(=O)N2CCC[C@H](C(=O)Nc3ccc(OC)c(OC)c3)C2)c1. The van der Waals surface area contributed by atoms with Gasteiger partial charge in [0.1, 0.15) is 0 Å². The van der Waals surface area contributed by atoms with E-state index in [9.17, 15) is 13.2 Å². The van der Waals surface area contributed by atoms with E-state index in [1.54, 1.807) is 22.8 Å². The van der Waals surface area contributed by atoms with E-state index >= 15 is 0 Å². The Morgan fingerprint density at radius 3 is 2.69 bits per heavy atom. The lowest BCUT2D eigenvalue weighted by atomic mass is 9.98. The Morgan fingerprint density at radius 2 is 2.03 bits per heavy atom. The number of anilines is 1. The lowest BCUT2D eigenvalue weighted by Crippen LogP contribution is -2.43. The van der Waals surface area contributed by atoms with Crippen LogP contribution in [0.5, 0.6) is 11.5 Å². The lowest BCUT2D eigenvalue weighted by Gasteiger charge is -2.30. The first-order valence-electron chi connectivity index (χ1n) is 9.43. The van der Waals surface area contributed by atoms with Crippen molar-refractivity contribution in [3.63, 3.8) is 0 Å². The molecule has 2 aromatic rings. The highest BCUT2D eigenvalue weighted by atomic mass is 32.2. The molecule has 0 spiro atoms. The number of hydrogen-bond donors (Lipinski definition) is 1. The second-order valence-electron chi connectivity index (χ2n) is 6.80. The minimum absolute atomic E-state index is 0.0142. The number of amides is 1. The van der Waals surface area contributed by atoms with Crippen molar-refractivity contribution in [2.45, 2.75) is 31.3 Å². The number of hydrogen-bond acceptors (Lipinski definition) is 6. The number of nitrogens with one attached hydrogen (secondary N) is 1. The number of imidazole rings is 1. The first-order chi connectivity index (χ1) is 13.9. The zero-order valence-electron chi connectivity index (χ0n) is 16.8. The van der Waals surface area contributed by atoms with Crippen LogP contribution < -0.4 is 14.8 Å². The van der Waals surface area contributed by atoms with E-state index in [-0.39, 0.29) is 17.5 Å². The van der Waals surface area contributed by atoms with Crippen molar-refractivity contribution in [1.82, 2.24) is 13.9 Å². The highest BCUT2D eigenvalue weighted by molar-refractivity contribution is 7.89. The van der Waals surface area contributed by atoms with E-state index in [0.29, 0.717) is 43.1 Å². The van der Waals surface area contributed by atoms with Gasteiger partial charge >= 0.3 is 0 Å². The van der Waals surface area contributed by atoms with Crippen molar-refractivity contribution in [2.24, 2.45) is 5.92 Å². The predicted molar refractivity (Wildman–Crippen MR) is 108 cm³/mol. The molecule has 0 radical (unpaired) electrons. The van der Waals surface area contributed by atoms with Crippen LogP contribution in [0.2, 0.25) is 0 Å². The Bertz CT molecular complexity index is 973. The fourth-order valence-electron chi connectivity index (χ4n) is 3.31. The molecule has 1 saturated heterocycles. The molecule has 0 bridgehead atoms. The summed E-state index contributed by atoms with van der Waals surface area (Å²) >= 11 is 0. The summed E-state index contributed by atoms with van der Waals surface area (Å²) < 4.78 is 39.3. The van der Waals surface area contributed by atoms with Gasteiger partial charge in [-0.2, -0.15) is 4.31 Å². The standard InChI is InChI=1S/C19H26N4O5S/c1-4-22-12-18(20-13-22)29(25,26)23-9-5-6-14(11-23)19(24)21-15-7-8-16(27-2)17(10-15)28-3/h7-8,10,12-14H,4-6,9,11H2,1-3H3,(H,21,24)/t14-/m0/s1. The maximum absolute atomic E-state index is 12.9. The summed E-state index contributed by atoms with van der Waals surface area (Å²) in [5.41, 5.74) is 0.564. The number of carbonyl (C=O) groups excluding carboxylic acids is 1. The predicted octanol–water partition coefficient (Wildman–Crippen LogP) is 1.96. The van der Waals surface area contributed by atoms with Crippen LogP contribution in [-0.2, 0) is 21.4 Å². The zero-order valence-corrected chi connectivity index (χ0v) is 17.6. The van der Waals surface area contributed by atoms with Gasteiger partial charge in [-0.3, -0.25) is 4.79 Å². The maximum Gasteiger partial charge on any atom is 0.262 e. The molecule has 1 amide bonds. The second-order valence-corrected chi connectivity index (χ2v) is 8.69. The molecule has 158 valence electrons. The summed E-state index contributed by atoms with van der Waals surface area (Å²) in [7, 11) is -0.666. The highest BCUT2D eigenvalue weighted by Crippen LogP contribution is 2.30. The molecule has 0 unspecified atom stereocenters. The van der Waals surface area contributed by atoms with Crippen LogP contribution in [0, 0.1) is 5.92 Å². The van der Waals surface area contributed by atoms with Crippen molar-refractivity contribution in [3.05, 3.63) is 30.7 Å². The quantitative estimate of drug-likeness (QED) is 0.732. The van der Waals surface area contributed by atoms with Crippen LogP contribution in [0.15, 0.2) is 35.7 Å². The Kier molecular flexibility index (Phi) is 6.43. The Labute approximate surface area is 170 Å². The fourth-order valence-corrected chi connectivity index (χ4v) is 4.77. The molecule has 0 aliphatic carbocycles. The van der Waals surface area contributed by atoms with E-state index in [2.05, 4.69) is 10.3 Å². The largest absolute Gasteiger partial charge is 0.493 e.